The van der Waals surface area contributed by atoms with E-state index in [1.165, 1.54) is 11.0 Å². The molecule has 25 heavy (non-hydrogen) atoms. The molecule has 1 saturated heterocycles. The normalized spacial score (nSPS) is 20.6. The lowest BCUT2D eigenvalue weighted by atomic mass is 9.91. The number of carboxylic acids is 1. The van der Waals surface area contributed by atoms with Crippen LogP contribution in [0.3, 0.4) is 0 Å². The van der Waals surface area contributed by atoms with Gasteiger partial charge in [0.2, 0.25) is 6.43 Å². The number of carbonyl (C=O) groups is 2. The zero-order valence-electron chi connectivity index (χ0n) is 13.5. The van der Waals surface area contributed by atoms with Crippen LogP contribution in [0.4, 0.5) is 23.7 Å². The summed E-state index contributed by atoms with van der Waals surface area (Å²) < 4.78 is 38.3. The van der Waals surface area contributed by atoms with Gasteiger partial charge < -0.3 is 15.3 Å². The van der Waals surface area contributed by atoms with Gasteiger partial charge in [-0.3, -0.25) is 4.79 Å². The van der Waals surface area contributed by atoms with Crippen molar-refractivity contribution in [2.75, 3.05) is 24.2 Å². The molecule has 0 aromatic heterocycles. The van der Waals surface area contributed by atoms with E-state index in [-0.39, 0.29) is 18.2 Å². The number of nitrogens with one attached hydrogen (secondary N) is 1. The predicted octanol–water partition coefficient (Wildman–Crippen LogP) is 3.76. The molecule has 1 aromatic rings. The molecular formula is C16H19F3N2O3S. The average molecular weight is 376 g/mol. The van der Waals surface area contributed by atoms with Gasteiger partial charge >= 0.3 is 12.0 Å². The third-order valence-electron chi connectivity index (χ3n) is 3.84. The standard InChI is InChI=1S/C16H19F3N2O3S/c1-9-4-10(15(22)23)7-21(6-9)16(24)20-12-5-11(17)2-3-13(12)25-8-14(18)19/h2-3,5,9-10,14H,4,6-8H2,1H3,(H,20,24)(H,22,23). The minimum absolute atomic E-state index is 0.0146. The van der Waals surface area contributed by atoms with Crippen molar-refractivity contribution in [1.29, 1.82) is 0 Å². The van der Waals surface area contributed by atoms with Gasteiger partial charge in [0.25, 0.3) is 0 Å². The average Bonchev–Trinajstić information content (AvgIpc) is 2.53. The van der Waals surface area contributed by atoms with Crippen molar-refractivity contribution in [3.8, 4) is 0 Å². The molecule has 2 rings (SSSR count). The smallest absolute Gasteiger partial charge is 0.321 e. The predicted molar refractivity (Wildman–Crippen MR) is 88.6 cm³/mol. The van der Waals surface area contributed by atoms with Crippen LogP contribution in [0.2, 0.25) is 0 Å². The summed E-state index contributed by atoms with van der Waals surface area (Å²) in [7, 11) is 0. The van der Waals surface area contributed by atoms with Crippen molar-refractivity contribution in [3.63, 3.8) is 0 Å². The van der Waals surface area contributed by atoms with Gasteiger partial charge in [0.15, 0.2) is 0 Å². The molecule has 1 aliphatic rings. The second kappa shape index (κ2) is 8.46. The SMILES string of the molecule is CC1CC(C(=O)O)CN(C(=O)Nc2cc(F)ccc2SCC(F)F)C1. The lowest BCUT2D eigenvalue weighted by Crippen LogP contribution is -2.47. The van der Waals surface area contributed by atoms with Crippen LogP contribution >= 0.6 is 11.8 Å². The lowest BCUT2D eigenvalue weighted by molar-refractivity contribution is -0.143. The van der Waals surface area contributed by atoms with E-state index in [4.69, 9.17) is 5.11 Å². The van der Waals surface area contributed by atoms with Crippen LogP contribution < -0.4 is 5.32 Å². The molecule has 0 spiro atoms. The zero-order chi connectivity index (χ0) is 18.6. The first-order valence-electron chi connectivity index (χ1n) is 7.75. The summed E-state index contributed by atoms with van der Waals surface area (Å²) in [6.07, 6.45) is -2.05. The van der Waals surface area contributed by atoms with Gasteiger partial charge in [0.1, 0.15) is 5.82 Å². The van der Waals surface area contributed by atoms with Crippen LogP contribution in [-0.2, 0) is 4.79 Å². The van der Waals surface area contributed by atoms with Crippen LogP contribution in [0.5, 0.6) is 0 Å². The molecule has 2 atom stereocenters. The van der Waals surface area contributed by atoms with E-state index in [1.807, 2.05) is 6.92 Å². The Bertz CT molecular complexity index is 645. The monoisotopic (exact) mass is 376 g/mol. The number of alkyl halides is 2. The Morgan fingerprint density at radius 3 is 2.76 bits per heavy atom. The van der Waals surface area contributed by atoms with E-state index in [2.05, 4.69) is 5.32 Å². The maximum Gasteiger partial charge on any atom is 0.321 e. The summed E-state index contributed by atoms with van der Waals surface area (Å²) >= 11 is 0.814. The summed E-state index contributed by atoms with van der Waals surface area (Å²) in [5, 5.41) is 11.7. The fraction of sp³-hybridized carbons (Fsp3) is 0.500. The number of piperidine rings is 1. The van der Waals surface area contributed by atoms with Crippen LogP contribution in [0, 0.1) is 17.7 Å². The van der Waals surface area contributed by atoms with Gasteiger partial charge in [-0.2, -0.15) is 0 Å². The topological polar surface area (TPSA) is 69.6 Å². The summed E-state index contributed by atoms with van der Waals surface area (Å²) in [6.45, 7) is 2.28. The number of rotatable bonds is 5. The van der Waals surface area contributed by atoms with Gasteiger partial charge in [-0.15, -0.1) is 11.8 Å². The minimum atomic E-state index is -2.53. The Balaban J connectivity index is 2.11. The fourth-order valence-corrected chi connectivity index (χ4v) is 3.50. The quantitative estimate of drug-likeness (QED) is 0.768. The van der Waals surface area contributed by atoms with Crippen molar-refractivity contribution in [3.05, 3.63) is 24.0 Å². The highest BCUT2D eigenvalue weighted by atomic mass is 32.2. The van der Waals surface area contributed by atoms with E-state index in [0.29, 0.717) is 17.9 Å². The van der Waals surface area contributed by atoms with Crippen molar-refractivity contribution in [2.45, 2.75) is 24.7 Å². The summed E-state index contributed by atoms with van der Waals surface area (Å²) in [5.74, 6) is -2.69. The first-order chi connectivity index (χ1) is 11.8. The third kappa shape index (κ3) is 5.55. The Morgan fingerprint density at radius 2 is 2.12 bits per heavy atom. The second-order valence-electron chi connectivity index (χ2n) is 6.05. The number of carboxylic acid groups (broad SMARTS) is 1. The highest BCUT2D eigenvalue weighted by Crippen LogP contribution is 2.30. The lowest BCUT2D eigenvalue weighted by Gasteiger charge is -2.34. The van der Waals surface area contributed by atoms with Gasteiger partial charge in [-0.25, -0.2) is 18.0 Å². The van der Waals surface area contributed by atoms with E-state index in [0.717, 1.165) is 23.9 Å². The zero-order valence-corrected chi connectivity index (χ0v) is 14.4. The molecule has 1 aliphatic heterocycles. The highest BCUT2D eigenvalue weighted by molar-refractivity contribution is 7.99. The highest BCUT2D eigenvalue weighted by Gasteiger charge is 2.32. The Hall–Kier alpha value is -1.90. The first-order valence-corrected chi connectivity index (χ1v) is 8.74. The summed E-state index contributed by atoms with van der Waals surface area (Å²) in [4.78, 5) is 25.3. The molecule has 5 nitrogen and oxygen atoms in total. The van der Waals surface area contributed by atoms with Crippen LogP contribution in [0.15, 0.2) is 23.1 Å². The van der Waals surface area contributed by atoms with E-state index < -0.39 is 35.9 Å². The molecule has 2 unspecified atom stereocenters. The van der Waals surface area contributed by atoms with Crippen molar-refractivity contribution >= 4 is 29.4 Å². The summed E-state index contributed by atoms with van der Waals surface area (Å²) in [5.41, 5.74) is 0.0979. The van der Waals surface area contributed by atoms with Gasteiger partial charge in [-0.05, 0) is 30.5 Å². The molecule has 1 fully saturated rings. The number of nitrogens with zero attached hydrogens (tertiary/aromatic N) is 1. The van der Waals surface area contributed by atoms with Crippen molar-refractivity contribution in [1.82, 2.24) is 4.90 Å². The maximum atomic E-state index is 13.5. The number of amides is 2. The van der Waals surface area contributed by atoms with Crippen molar-refractivity contribution < 1.29 is 27.9 Å². The first kappa shape index (κ1) is 19.4. The van der Waals surface area contributed by atoms with E-state index in [1.54, 1.807) is 0 Å². The number of likely N-dealkylation sites (tertiary alicyclic amines) is 1. The number of urea groups is 1. The molecule has 0 bridgehead atoms. The number of hydrogen-bond donors (Lipinski definition) is 2. The molecular weight excluding hydrogens is 357 g/mol. The second-order valence-corrected chi connectivity index (χ2v) is 7.12. The Morgan fingerprint density at radius 1 is 1.40 bits per heavy atom. The molecule has 1 heterocycles. The molecule has 138 valence electrons. The number of carbonyl (C=O) groups excluding carboxylic acids is 1. The Labute approximate surface area is 147 Å². The number of halogens is 3. The van der Waals surface area contributed by atoms with Gasteiger partial charge in [0, 0.05) is 18.0 Å². The van der Waals surface area contributed by atoms with Crippen molar-refractivity contribution in [2.24, 2.45) is 11.8 Å². The number of aliphatic carboxylic acids is 1. The third-order valence-corrected chi connectivity index (χ3v) is 4.93. The van der Waals surface area contributed by atoms with Gasteiger partial charge in [-0.1, -0.05) is 6.92 Å². The van der Waals surface area contributed by atoms with Crippen LogP contribution in [-0.4, -0.2) is 47.3 Å². The Kier molecular flexibility index (Phi) is 6.57. The number of thioether (sulfide) groups is 1. The molecule has 1 aromatic carbocycles. The largest absolute Gasteiger partial charge is 0.481 e. The van der Waals surface area contributed by atoms with Gasteiger partial charge in [0.05, 0.1) is 17.4 Å². The van der Waals surface area contributed by atoms with Crippen LogP contribution in [0.25, 0.3) is 0 Å². The molecule has 0 aliphatic carbocycles. The van der Waals surface area contributed by atoms with E-state index in [9.17, 15) is 22.8 Å². The molecule has 2 N–H and O–H groups in total. The number of anilines is 1. The number of benzene rings is 1. The molecule has 9 heteroatoms. The number of hydrogen-bond acceptors (Lipinski definition) is 3. The molecule has 2 amide bonds. The minimum Gasteiger partial charge on any atom is -0.481 e. The fourth-order valence-electron chi connectivity index (χ4n) is 2.77. The summed E-state index contributed by atoms with van der Waals surface area (Å²) in [6, 6.07) is 2.96. The molecule has 0 saturated carbocycles. The maximum absolute atomic E-state index is 13.5. The van der Waals surface area contributed by atoms with Crippen LogP contribution in [0.1, 0.15) is 13.3 Å². The molecule has 0 radical (unpaired) electrons. The van der Waals surface area contributed by atoms with E-state index >= 15 is 0 Å².